The number of ether oxygens (including phenoxy) is 1. The minimum absolute atomic E-state index is 0.274. The van der Waals surface area contributed by atoms with Crippen LogP contribution >= 0.6 is 0 Å². The van der Waals surface area contributed by atoms with Gasteiger partial charge in [-0.25, -0.2) is 4.79 Å². The van der Waals surface area contributed by atoms with E-state index < -0.39 is 11.7 Å². The van der Waals surface area contributed by atoms with Crippen molar-refractivity contribution in [2.24, 2.45) is 0 Å². The second kappa shape index (κ2) is 5.61. The molecule has 1 aliphatic heterocycles. The number of anilines is 1. The number of phenols is 1. The third-order valence-electron chi connectivity index (χ3n) is 3.11. The van der Waals surface area contributed by atoms with Crippen LogP contribution in [0.25, 0.3) is 0 Å². The van der Waals surface area contributed by atoms with Crippen LogP contribution in [-0.2, 0) is 11.2 Å². The van der Waals surface area contributed by atoms with Crippen LogP contribution in [0.5, 0.6) is 5.75 Å². The van der Waals surface area contributed by atoms with Gasteiger partial charge in [0.2, 0.25) is 0 Å². The number of amides is 1. The first kappa shape index (κ1) is 14.5. The molecule has 1 aromatic carbocycles. The molecule has 0 fully saturated rings. The Hall–Kier alpha value is -1.91. The zero-order chi connectivity index (χ0) is 14.8. The molecule has 110 valence electrons. The Kier molecular flexibility index (Phi) is 4.06. The van der Waals surface area contributed by atoms with Crippen LogP contribution in [-0.4, -0.2) is 36.4 Å². The van der Waals surface area contributed by atoms with Gasteiger partial charge in [-0.3, -0.25) is 0 Å². The van der Waals surface area contributed by atoms with Crippen LogP contribution < -0.4 is 10.2 Å². The largest absolute Gasteiger partial charge is 0.508 e. The smallest absolute Gasteiger partial charge is 0.407 e. The third kappa shape index (κ3) is 3.79. The summed E-state index contributed by atoms with van der Waals surface area (Å²) in [6.45, 7) is 7.65. The van der Waals surface area contributed by atoms with Crippen molar-refractivity contribution in [2.45, 2.75) is 32.8 Å². The van der Waals surface area contributed by atoms with E-state index in [4.69, 9.17) is 4.74 Å². The van der Waals surface area contributed by atoms with Crippen molar-refractivity contribution in [3.05, 3.63) is 23.8 Å². The van der Waals surface area contributed by atoms with Crippen LogP contribution in [0.3, 0.4) is 0 Å². The van der Waals surface area contributed by atoms with Gasteiger partial charge in [0.1, 0.15) is 11.4 Å². The quantitative estimate of drug-likeness (QED) is 0.890. The van der Waals surface area contributed by atoms with Gasteiger partial charge in [-0.05, 0) is 38.8 Å². The molecule has 2 N–H and O–H groups in total. The highest BCUT2D eigenvalue weighted by Crippen LogP contribution is 2.30. The lowest BCUT2D eigenvalue weighted by molar-refractivity contribution is 0.0529. The molecular weight excluding hydrogens is 256 g/mol. The maximum atomic E-state index is 11.5. The normalized spacial score (nSPS) is 14.1. The summed E-state index contributed by atoms with van der Waals surface area (Å²) >= 11 is 0. The number of carbonyl (C=O) groups is 1. The van der Waals surface area contributed by atoms with Gasteiger partial charge in [-0.1, -0.05) is 6.07 Å². The highest BCUT2D eigenvalue weighted by Gasteiger charge is 2.20. The van der Waals surface area contributed by atoms with Gasteiger partial charge in [-0.15, -0.1) is 0 Å². The SMILES string of the molecule is CC(C)(C)OC(=O)NCCN1CCc2ccc(O)cc21. The van der Waals surface area contributed by atoms with Gasteiger partial charge >= 0.3 is 6.09 Å². The summed E-state index contributed by atoms with van der Waals surface area (Å²) in [5, 5.41) is 12.3. The first-order chi connectivity index (χ1) is 9.35. The molecule has 1 heterocycles. The number of fused-ring (bicyclic) bond motifs is 1. The summed E-state index contributed by atoms with van der Waals surface area (Å²) in [4.78, 5) is 13.7. The van der Waals surface area contributed by atoms with Crippen LogP contribution in [0.15, 0.2) is 18.2 Å². The number of aromatic hydroxyl groups is 1. The van der Waals surface area contributed by atoms with E-state index in [0.29, 0.717) is 13.1 Å². The Bertz CT molecular complexity index is 494. The van der Waals surface area contributed by atoms with Crippen molar-refractivity contribution < 1.29 is 14.6 Å². The summed E-state index contributed by atoms with van der Waals surface area (Å²) < 4.78 is 5.18. The molecule has 5 heteroatoms. The molecule has 0 saturated heterocycles. The van der Waals surface area contributed by atoms with Gasteiger partial charge in [0.05, 0.1) is 0 Å². The minimum Gasteiger partial charge on any atom is -0.508 e. The van der Waals surface area contributed by atoms with E-state index in [1.807, 2.05) is 26.8 Å². The molecular formula is C15H22N2O3. The average molecular weight is 278 g/mol. The third-order valence-corrected chi connectivity index (χ3v) is 3.11. The Labute approximate surface area is 119 Å². The number of phenolic OH excluding ortho intramolecular Hbond substituents is 1. The van der Waals surface area contributed by atoms with E-state index in [0.717, 1.165) is 18.7 Å². The Balaban J connectivity index is 1.82. The second-order valence-electron chi connectivity index (χ2n) is 5.98. The van der Waals surface area contributed by atoms with Gasteiger partial charge in [0, 0.05) is 31.4 Å². The number of hydrogen-bond donors (Lipinski definition) is 2. The lowest BCUT2D eigenvalue weighted by Crippen LogP contribution is -2.37. The molecule has 0 aliphatic carbocycles. The number of alkyl carbamates (subject to hydrolysis) is 1. The standard InChI is InChI=1S/C15H22N2O3/c1-15(2,3)20-14(19)16-7-9-17-8-6-11-4-5-12(18)10-13(11)17/h4-5,10,18H,6-9H2,1-3H3,(H,16,19). The summed E-state index contributed by atoms with van der Waals surface area (Å²) in [5.41, 5.74) is 1.81. The first-order valence-electron chi connectivity index (χ1n) is 6.89. The highest BCUT2D eigenvalue weighted by molar-refractivity contribution is 5.68. The Morgan fingerprint density at radius 3 is 2.90 bits per heavy atom. The predicted octanol–water partition coefficient (Wildman–Crippen LogP) is 2.28. The Morgan fingerprint density at radius 2 is 2.20 bits per heavy atom. The monoisotopic (exact) mass is 278 g/mol. The summed E-state index contributed by atoms with van der Waals surface area (Å²) in [5.74, 6) is 0.274. The molecule has 0 atom stereocenters. The van der Waals surface area contributed by atoms with E-state index in [9.17, 15) is 9.90 Å². The fraction of sp³-hybridized carbons (Fsp3) is 0.533. The predicted molar refractivity (Wildman–Crippen MR) is 78.3 cm³/mol. The molecule has 0 bridgehead atoms. The van der Waals surface area contributed by atoms with Crippen LogP contribution in [0.4, 0.5) is 10.5 Å². The van der Waals surface area contributed by atoms with Crippen molar-refractivity contribution in [2.75, 3.05) is 24.5 Å². The van der Waals surface area contributed by atoms with Crippen molar-refractivity contribution >= 4 is 11.8 Å². The van der Waals surface area contributed by atoms with Crippen LogP contribution in [0.1, 0.15) is 26.3 Å². The fourth-order valence-electron chi connectivity index (χ4n) is 2.27. The molecule has 0 spiro atoms. The zero-order valence-corrected chi connectivity index (χ0v) is 12.3. The minimum atomic E-state index is -0.476. The molecule has 0 saturated carbocycles. The van der Waals surface area contributed by atoms with Crippen molar-refractivity contribution in [3.8, 4) is 5.75 Å². The maximum Gasteiger partial charge on any atom is 0.407 e. The lowest BCUT2D eigenvalue weighted by atomic mass is 10.1. The zero-order valence-electron chi connectivity index (χ0n) is 12.3. The number of nitrogens with one attached hydrogen (secondary N) is 1. The fourth-order valence-corrected chi connectivity index (χ4v) is 2.27. The van der Waals surface area contributed by atoms with Gasteiger partial charge in [0.15, 0.2) is 0 Å². The number of hydrogen-bond acceptors (Lipinski definition) is 4. The maximum absolute atomic E-state index is 11.5. The molecule has 1 aliphatic rings. The summed E-state index contributed by atoms with van der Waals surface area (Å²) in [6, 6.07) is 5.43. The number of rotatable bonds is 3. The molecule has 5 nitrogen and oxygen atoms in total. The van der Waals surface area contributed by atoms with Crippen LogP contribution in [0.2, 0.25) is 0 Å². The second-order valence-corrected chi connectivity index (χ2v) is 5.98. The summed E-state index contributed by atoms with van der Waals surface area (Å²) in [7, 11) is 0. The van der Waals surface area contributed by atoms with Gasteiger partial charge in [-0.2, -0.15) is 0 Å². The summed E-state index contributed by atoms with van der Waals surface area (Å²) in [6.07, 6.45) is 0.579. The number of carbonyl (C=O) groups excluding carboxylic acids is 1. The van der Waals surface area contributed by atoms with Crippen molar-refractivity contribution in [3.63, 3.8) is 0 Å². The molecule has 20 heavy (non-hydrogen) atoms. The van der Waals surface area contributed by atoms with Crippen LogP contribution in [0, 0.1) is 0 Å². The number of benzene rings is 1. The van der Waals surface area contributed by atoms with E-state index in [2.05, 4.69) is 10.2 Å². The van der Waals surface area contributed by atoms with Crippen molar-refractivity contribution in [1.29, 1.82) is 0 Å². The van der Waals surface area contributed by atoms with E-state index in [-0.39, 0.29) is 5.75 Å². The first-order valence-corrected chi connectivity index (χ1v) is 6.89. The van der Waals surface area contributed by atoms with E-state index in [1.54, 1.807) is 12.1 Å². The molecule has 1 amide bonds. The van der Waals surface area contributed by atoms with Gasteiger partial charge < -0.3 is 20.1 Å². The van der Waals surface area contributed by atoms with Crippen molar-refractivity contribution in [1.82, 2.24) is 5.32 Å². The molecule has 0 radical (unpaired) electrons. The highest BCUT2D eigenvalue weighted by atomic mass is 16.6. The molecule has 0 aromatic heterocycles. The molecule has 1 aromatic rings. The Morgan fingerprint density at radius 1 is 1.45 bits per heavy atom. The lowest BCUT2D eigenvalue weighted by Gasteiger charge is -2.22. The molecule has 0 unspecified atom stereocenters. The average Bonchev–Trinajstić information content (AvgIpc) is 2.69. The number of nitrogens with zero attached hydrogens (tertiary/aromatic N) is 1. The molecule has 2 rings (SSSR count). The van der Waals surface area contributed by atoms with E-state index >= 15 is 0 Å². The van der Waals surface area contributed by atoms with Gasteiger partial charge in [0.25, 0.3) is 0 Å². The topological polar surface area (TPSA) is 61.8 Å². The van der Waals surface area contributed by atoms with E-state index in [1.165, 1.54) is 5.56 Å².